The zero-order valence-electron chi connectivity index (χ0n) is 10.6. The lowest BCUT2D eigenvalue weighted by Gasteiger charge is -2.36. The standard InChI is InChI=1S/C14H19Cl2NO/c1-17-5-4-11(12(8-17)9-18)6-10-2-3-13(15)14(16)7-10/h2-3,7,11-12,18H,4-6,8-9H2,1H3. The van der Waals surface area contributed by atoms with E-state index in [4.69, 9.17) is 23.2 Å². The third-order valence-electron chi connectivity index (χ3n) is 3.81. The number of nitrogens with zero attached hydrogens (tertiary/aromatic N) is 1. The Morgan fingerprint density at radius 2 is 2.06 bits per heavy atom. The molecule has 100 valence electrons. The summed E-state index contributed by atoms with van der Waals surface area (Å²) in [5, 5.41) is 10.7. The lowest BCUT2D eigenvalue weighted by molar-refractivity contribution is 0.0867. The maximum Gasteiger partial charge on any atom is 0.0595 e. The molecule has 0 spiro atoms. The van der Waals surface area contributed by atoms with Gasteiger partial charge in [-0.3, -0.25) is 0 Å². The van der Waals surface area contributed by atoms with Crippen LogP contribution in [0.25, 0.3) is 0 Å². The minimum atomic E-state index is 0.260. The number of piperidine rings is 1. The summed E-state index contributed by atoms with van der Waals surface area (Å²) >= 11 is 12.0. The van der Waals surface area contributed by atoms with Crippen LogP contribution in [0.15, 0.2) is 18.2 Å². The lowest BCUT2D eigenvalue weighted by atomic mass is 9.82. The number of aliphatic hydroxyl groups is 1. The Balaban J connectivity index is 2.05. The molecule has 2 rings (SSSR count). The normalized spacial score (nSPS) is 25.3. The van der Waals surface area contributed by atoms with Gasteiger partial charge in [-0.2, -0.15) is 0 Å². The molecule has 0 aliphatic carbocycles. The van der Waals surface area contributed by atoms with Crippen molar-refractivity contribution in [3.05, 3.63) is 33.8 Å². The summed E-state index contributed by atoms with van der Waals surface area (Å²) in [7, 11) is 2.11. The second-order valence-corrected chi connectivity index (χ2v) is 6.02. The van der Waals surface area contributed by atoms with Crippen LogP contribution in [0.4, 0.5) is 0 Å². The SMILES string of the molecule is CN1CCC(Cc2ccc(Cl)c(Cl)c2)C(CO)C1. The van der Waals surface area contributed by atoms with E-state index in [1.807, 2.05) is 18.2 Å². The molecule has 0 saturated carbocycles. The molecule has 0 amide bonds. The highest BCUT2D eigenvalue weighted by Crippen LogP contribution is 2.29. The van der Waals surface area contributed by atoms with Gasteiger partial charge in [0, 0.05) is 13.2 Å². The van der Waals surface area contributed by atoms with Gasteiger partial charge < -0.3 is 10.0 Å². The molecule has 0 bridgehead atoms. The van der Waals surface area contributed by atoms with E-state index in [1.54, 1.807) is 0 Å². The molecular formula is C14H19Cl2NO. The van der Waals surface area contributed by atoms with Gasteiger partial charge in [0.05, 0.1) is 10.0 Å². The van der Waals surface area contributed by atoms with Gasteiger partial charge in [0.25, 0.3) is 0 Å². The van der Waals surface area contributed by atoms with Crippen LogP contribution in [0.2, 0.25) is 10.0 Å². The van der Waals surface area contributed by atoms with Crippen LogP contribution in [0, 0.1) is 11.8 Å². The van der Waals surface area contributed by atoms with Crippen molar-refractivity contribution < 1.29 is 5.11 Å². The summed E-state index contributed by atoms with van der Waals surface area (Å²) in [5.41, 5.74) is 1.21. The van der Waals surface area contributed by atoms with Crippen molar-refractivity contribution in [2.45, 2.75) is 12.8 Å². The molecule has 2 unspecified atom stereocenters. The Hall–Kier alpha value is -0.280. The van der Waals surface area contributed by atoms with Gasteiger partial charge in [-0.05, 0) is 56.0 Å². The third kappa shape index (κ3) is 3.39. The molecule has 1 fully saturated rings. The highest BCUT2D eigenvalue weighted by Gasteiger charge is 2.27. The molecule has 1 aliphatic heterocycles. The van der Waals surface area contributed by atoms with Crippen LogP contribution in [-0.4, -0.2) is 36.8 Å². The van der Waals surface area contributed by atoms with Gasteiger partial charge in [0.15, 0.2) is 0 Å². The Labute approximate surface area is 119 Å². The highest BCUT2D eigenvalue weighted by molar-refractivity contribution is 6.42. The van der Waals surface area contributed by atoms with Gasteiger partial charge in [-0.1, -0.05) is 29.3 Å². The molecule has 0 radical (unpaired) electrons. The number of hydrogen-bond acceptors (Lipinski definition) is 2. The first-order chi connectivity index (χ1) is 8.60. The van der Waals surface area contributed by atoms with E-state index in [0.29, 0.717) is 21.9 Å². The minimum Gasteiger partial charge on any atom is -0.396 e. The van der Waals surface area contributed by atoms with Crippen molar-refractivity contribution in [3.8, 4) is 0 Å². The second-order valence-electron chi connectivity index (χ2n) is 5.21. The summed E-state index contributed by atoms with van der Waals surface area (Å²) in [6, 6.07) is 5.82. The van der Waals surface area contributed by atoms with E-state index < -0.39 is 0 Å². The zero-order chi connectivity index (χ0) is 13.1. The van der Waals surface area contributed by atoms with Crippen molar-refractivity contribution in [1.82, 2.24) is 4.90 Å². The van der Waals surface area contributed by atoms with E-state index in [9.17, 15) is 5.11 Å². The van der Waals surface area contributed by atoms with Crippen LogP contribution in [0.1, 0.15) is 12.0 Å². The van der Waals surface area contributed by atoms with Crippen molar-refractivity contribution >= 4 is 23.2 Å². The van der Waals surface area contributed by atoms with Crippen molar-refractivity contribution in [3.63, 3.8) is 0 Å². The van der Waals surface area contributed by atoms with E-state index in [0.717, 1.165) is 25.9 Å². The zero-order valence-corrected chi connectivity index (χ0v) is 12.1. The maximum absolute atomic E-state index is 9.48. The molecule has 1 aromatic rings. The molecule has 0 aromatic heterocycles. The number of aliphatic hydroxyl groups excluding tert-OH is 1. The first-order valence-electron chi connectivity index (χ1n) is 6.33. The van der Waals surface area contributed by atoms with Gasteiger partial charge >= 0.3 is 0 Å². The first kappa shape index (κ1) is 14.1. The highest BCUT2D eigenvalue weighted by atomic mass is 35.5. The second kappa shape index (κ2) is 6.25. The molecule has 4 heteroatoms. The van der Waals surface area contributed by atoms with Gasteiger partial charge in [-0.15, -0.1) is 0 Å². The molecule has 2 atom stereocenters. The van der Waals surface area contributed by atoms with Gasteiger partial charge in [0.1, 0.15) is 0 Å². The number of hydrogen-bond donors (Lipinski definition) is 1. The fraction of sp³-hybridized carbons (Fsp3) is 0.571. The number of benzene rings is 1. The van der Waals surface area contributed by atoms with Crippen molar-refractivity contribution in [2.75, 3.05) is 26.7 Å². The Morgan fingerprint density at radius 3 is 2.72 bits per heavy atom. The van der Waals surface area contributed by atoms with Crippen LogP contribution < -0.4 is 0 Å². The number of rotatable bonds is 3. The van der Waals surface area contributed by atoms with E-state index in [-0.39, 0.29) is 6.61 Å². The lowest BCUT2D eigenvalue weighted by Crippen LogP contribution is -2.40. The monoisotopic (exact) mass is 287 g/mol. The molecule has 18 heavy (non-hydrogen) atoms. The molecule has 1 aromatic carbocycles. The molecular weight excluding hydrogens is 269 g/mol. The quantitative estimate of drug-likeness (QED) is 0.924. The number of likely N-dealkylation sites (tertiary alicyclic amines) is 1. The Kier molecular flexibility index (Phi) is 4.91. The van der Waals surface area contributed by atoms with Gasteiger partial charge in [-0.25, -0.2) is 0 Å². The van der Waals surface area contributed by atoms with Crippen LogP contribution in [0.5, 0.6) is 0 Å². The fourth-order valence-corrected chi connectivity index (χ4v) is 3.03. The summed E-state index contributed by atoms with van der Waals surface area (Å²) in [4.78, 5) is 2.28. The molecule has 1 aliphatic rings. The largest absolute Gasteiger partial charge is 0.396 e. The fourth-order valence-electron chi connectivity index (χ4n) is 2.71. The predicted molar refractivity (Wildman–Crippen MR) is 76.3 cm³/mol. The van der Waals surface area contributed by atoms with Gasteiger partial charge in [0.2, 0.25) is 0 Å². The van der Waals surface area contributed by atoms with E-state index in [2.05, 4.69) is 11.9 Å². The van der Waals surface area contributed by atoms with E-state index in [1.165, 1.54) is 5.56 Å². The average Bonchev–Trinajstić information content (AvgIpc) is 2.36. The first-order valence-corrected chi connectivity index (χ1v) is 7.09. The van der Waals surface area contributed by atoms with Crippen LogP contribution in [-0.2, 0) is 6.42 Å². The van der Waals surface area contributed by atoms with Crippen molar-refractivity contribution in [2.24, 2.45) is 11.8 Å². The minimum absolute atomic E-state index is 0.260. The predicted octanol–water partition coefficient (Wildman–Crippen LogP) is 3.10. The molecule has 1 heterocycles. The van der Waals surface area contributed by atoms with Crippen LogP contribution in [0.3, 0.4) is 0 Å². The van der Waals surface area contributed by atoms with Crippen molar-refractivity contribution in [1.29, 1.82) is 0 Å². The maximum atomic E-state index is 9.48. The average molecular weight is 288 g/mol. The molecule has 1 N–H and O–H groups in total. The third-order valence-corrected chi connectivity index (χ3v) is 4.55. The molecule has 2 nitrogen and oxygen atoms in total. The molecule has 1 saturated heterocycles. The smallest absolute Gasteiger partial charge is 0.0595 e. The van der Waals surface area contributed by atoms with E-state index >= 15 is 0 Å². The Bertz CT molecular complexity index is 411. The Morgan fingerprint density at radius 1 is 1.28 bits per heavy atom. The summed E-state index contributed by atoms with van der Waals surface area (Å²) < 4.78 is 0. The summed E-state index contributed by atoms with van der Waals surface area (Å²) in [5.74, 6) is 0.890. The number of halogens is 2. The van der Waals surface area contributed by atoms with Crippen LogP contribution >= 0.6 is 23.2 Å². The summed E-state index contributed by atoms with van der Waals surface area (Å²) in [6.45, 7) is 2.33. The summed E-state index contributed by atoms with van der Waals surface area (Å²) in [6.07, 6.45) is 2.10. The topological polar surface area (TPSA) is 23.5 Å².